The van der Waals surface area contributed by atoms with Crippen LogP contribution in [0.2, 0.25) is 0 Å². The molecule has 0 aliphatic heterocycles. The van der Waals surface area contributed by atoms with Gasteiger partial charge in [-0.3, -0.25) is 4.98 Å². The summed E-state index contributed by atoms with van der Waals surface area (Å²) in [7, 11) is 0. The molecule has 0 fully saturated rings. The molecule has 3 heteroatoms. The highest BCUT2D eigenvalue weighted by Gasteiger charge is 2.07. The average molecular weight is 252 g/mol. The Morgan fingerprint density at radius 1 is 1.16 bits per heavy atom. The largest absolute Gasteiger partial charge is 0.469 e. The summed E-state index contributed by atoms with van der Waals surface area (Å²) in [6.45, 7) is 2.15. The minimum absolute atomic E-state index is 0.303. The number of rotatable bonds is 4. The molecule has 0 aliphatic rings. The number of fused-ring (bicyclic) bond motifs is 1. The molecule has 0 amide bonds. The Kier molecular flexibility index (Phi) is 3.19. The molecule has 3 aromatic rings. The number of para-hydroxylation sites is 1. The van der Waals surface area contributed by atoms with Crippen molar-refractivity contribution in [3.63, 3.8) is 0 Å². The van der Waals surface area contributed by atoms with Crippen molar-refractivity contribution in [2.45, 2.75) is 19.4 Å². The monoisotopic (exact) mass is 252 g/mol. The highest BCUT2D eigenvalue weighted by molar-refractivity contribution is 5.90. The van der Waals surface area contributed by atoms with Crippen molar-refractivity contribution in [3.8, 4) is 0 Å². The molecule has 1 atom stereocenters. The van der Waals surface area contributed by atoms with Gasteiger partial charge in [-0.1, -0.05) is 18.2 Å². The van der Waals surface area contributed by atoms with Gasteiger partial charge < -0.3 is 9.73 Å². The molecule has 0 aliphatic carbocycles. The topological polar surface area (TPSA) is 38.1 Å². The van der Waals surface area contributed by atoms with Crippen molar-refractivity contribution in [3.05, 3.63) is 60.7 Å². The Hall–Kier alpha value is -2.29. The number of nitrogens with one attached hydrogen (secondary N) is 1. The summed E-state index contributed by atoms with van der Waals surface area (Å²) in [5.74, 6) is 0.998. The van der Waals surface area contributed by atoms with Crippen molar-refractivity contribution in [2.75, 3.05) is 5.32 Å². The van der Waals surface area contributed by atoms with Gasteiger partial charge in [0.05, 0.1) is 11.8 Å². The molecule has 1 N–H and O–H groups in total. The van der Waals surface area contributed by atoms with Crippen LogP contribution in [0.4, 0.5) is 5.69 Å². The van der Waals surface area contributed by atoms with Crippen LogP contribution in [0.25, 0.3) is 10.9 Å². The minimum Gasteiger partial charge on any atom is -0.469 e. The maximum atomic E-state index is 5.38. The van der Waals surface area contributed by atoms with Gasteiger partial charge in [0, 0.05) is 29.7 Å². The summed E-state index contributed by atoms with van der Waals surface area (Å²) in [6.07, 6.45) is 4.41. The zero-order valence-corrected chi connectivity index (χ0v) is 10.8. The second-order valence-electron chi connectivity index (χ2n) is 4.70. The molecule has 0 bridgehead atoms. The number of pyridine rings is 1. The number of furan rings is 1. The molecule has 1 aromatic carbocycles. The predicted molar refractivity (Wildman–Crippen MR) is 77.2 cm³/mol. The van der Waals surface area contributed by atoms with Crippen molar-refractivity contribution >= 4 is 16.6 Å². The minimum atomic E-state index is 0.303. The zero-order valence-electron chi connectivity index (χ0n) is 10.8. The summed E-state index contributed by atoms with van der Waals surface area (Å²) < 4.78 is 5.38. The first kappa shape index (κ1) is 11.8. The van der Waals surface area contributed by atoms with E-state index in [2.05, 4.69) is 23.3 Å². The summed E-state index contributed by atoms with van der Waals surface area (Å²) in [5.41, 5.74) is 2.13. The second kappa shape index (κ2) is 5.14. The number of hydrogen-bond acceptors (Lipinski definition) is 3. The molecule has 3 rings (SSSR count). The third-order valence-electron chi connectivity index (χ3n) is 3.14. The van der Waals surface area contributed by atoms with E-state index in [4.69, 9.17) is 4.42 Å². The first-order chi connectivity index (χ1) is 9.33. The van der Waals surface area contributed by atoms with Gasteiger partial charge in [0.15, 0.2) is 0 Å². The van der Waals surface area contributed by atoms with E-state index in [1.165, 1.54) is 0 Å². The van der Waals surface area contributed by atoms with Gasteiger partial charge >= 0.3 is 0 Å². The van der Waals surface area contributed by atoms with Crippen LogP contribution in [0.1, 0.15) is 12.7 Å². The maximum Gasteiger partial charge on any atom is 0.105 e. The van der Waals surface area contributed by atoms with Crippen molar-refractivity contribution < 1.29 is 4.42 Å². The summed E-state index contributed by atoms with van der Waals surface area (Å²) in [5, 5.41) is 4.67. The number of hydrogen-bond donors (Lipinski definition) is 1. The SMILES string of the molecule is CC(Cc1ccco1)Nc1ccnc2ccccc12. The normalized spacial score (nSPS) is 12.5. The smallest absolute Gasteiger partial charge is 0.105 e. The van der Waals surface area contributed by atoms with Gasteiger partial charge in [0.1, 0.15) is 5.76 Å². The van der Waals surface area contributed by atoms with Crippen LogP contribution in [-0.2, 0) is 6.42 Å². The Morgan fingerprint density at radius 3 is 2.89 bits per heavy atom. The summed E-state index contributed by atoms with van der Waals surface area (Å²) in [4.78, 5) is 4.37. The maximum absolute atomic E-state index is 5.38. The predicted octanol–water partition coefficient (Wildman–Crippen LogP) is 3.87. The van der Waals surface area contributed by atoms with E-state index in [0.29, 0.717) is 6.04 Å². The number of benzene rings is 1. The van der Waals surface area contributed by atoms with Crippen LogP contribution in [0.5, 0.6) is 0 Å². The number of nitrogens with zero attached hydrogens (tertiary/aromatic N) is 1. The standard InChI is InChI=1S/C16H16N2O/c1-12(11-13-5-4-10-19-13)18-16-8-9-17-15-7-3-2-6-14(15)16/h2-10,12H,11H2,1H3,(H,17,18). The highest BCUT2D eigenvalue weighted by atomic mass is 16.3. The van der Waals surface area contributed by atoms with Crippen LogP contribution >= 0.6 is 0 Å². The molecular weight excluding hydrogens is 236 g/mol. The Balaban J connectivity index is 1.81. The van der Waals surface area contributed by atoms with Crippen molar-refractivity contribution in [1.29, 1.82) is 0 Å². The van der Waals surface area contributed by atoms with Gasteiger partial charge in [-0.2, -0.15) is 0 Å². The van der Waals surface area contributed by atoms with E-state index in [1.54, 1.807) is 6.26 Å². The fraction of sp³-hybridized carbons (Fsp3) is 0.188. The molecule has 0 saturated heterocycles. The van der Waals surface area contributed by atoms with E-state index in [1.807, 2.05) is 42.6 Å². The second-order valence-corrected chi connectivity index (χ2v) is 4.70. The van der Waals surface area contributed by atoms with Gasteiger partial charge in [0.2, 0.25) is 0 Å². The summed E-state index contributed by atoms with van der Waals surface area (Å²) >= 11 is 0. The highest BCUT2D eigenvalue weighted by Crippen LogP contribution is 2.22. The van der Waals surface area contributed by atoms with E-state index >= 15 is 0 Å². The van der Waals surface area contributed by atoms with Crippen LogP contribution in [0.3, 0.4) is 0 Å². The first-order valence-electron chi connectivity index (χ1n) is 6.45. The molecule has 3 nitrogen and oxygen atoms in total. The molecular formula is C16H16N2O. The van der Waals surface area contributed by atoms with Crippen molar-refractivity contribution in [1.82, 2.24) is 4.98 Å². The van der Waals surface area contributed by atoms with Crippen LogP contribution < -0.4 is 5.32 Å². The Bertz CT molecular complexity index is 656. The molecule has 0 radical (unpaired) electrons. The lowest BCUT2D eigenvalue weighted by molar-refractivity contribution is 0.498. The molecule has 0 spiro atoms. The van der Waals surface area contributed by atoms with E-state index in [9.17, 15) is 0 Å². The lowest BCUT2D eigenvalue weighted by Gasteiger charge is -2.15. The number of anilines is 1. The van der Waals surface area contributed by atoms with Gasteiger partial charge in [0.25, 0.3) is 0 Å². The fourth-order valence-electron chi connectivity index (χ4n) is 2.27. The molecule has 96 valence electrons. The third kappa shape index (κ3) is 2.60. The molecule has 2 heterocycles. The lowest BCUT2D eigenvalue weighted by Crippen LogP contribution is -2.17. The van der Waals surface area contributed by atoms with Gasteiger partial charge in [-0.05, 0) is 31.2 Å². The zero-order chi connectivity index (χ0) is 13.1. The molecule has 1 unspecified atom stereocenters. The van der Waals surface area contributed by atoms with Crippen molar-refractivity contribution in [2.24, 2.45) is 0 Å². The van der Waals surface area contributed by atoms with Crippen LogP contribution in [0.15, 0.2) is 59.3 Å². The van der Waals surface area contributed by atoms with Crippen LogP contribution in [0, 0.1) is 0 Å². The number of aromatic nitrogens is 1. The quantitative estimate of drug-likeness (QED) is 0.766. The average Bonchev–Trinajstić information content (AvgIpc) is 2.92. The van der Waals surface area contributed by atoms with E-state index < -0.39 is 0 Å². The molecule has 19 heavy (non-hydrogen) atoms. The summed E-state index contributed by atoms with van der Waals surface area (Å²) in [6, 6.07) is 14.4. The molecule has 0 saturated carbocycles. The van der Waals surface area contributed by atoms with Gasteiger partial charge in [-0.15, -0.1) is 0 Å². The third-order valence-corrected chi connectivity index (χ3v) is 3.14. The lowest BCUT2D eigenvalue weighted by atomic mass is 10.1. The Morgan fingerprint density at radius 2 is 2.05 bits per heavy atom. The van der Waals surface area contributed by atoms with E-state index in [0.717, 1.165) is 28.8 Å². The van der Waals surface area contributed by atoms with Gasteiger partial charge in [-0.25, -0.2) is 0 Å². The van der Waals surface area contributed by atoms with Crippen LogP contribution in [-0.4, -0.2) is 11.0 Å². The fourth-order valence-corrected chi connectivity index (χ4v) is 2.27. The van der Waals surface area contributed by atoms with E-state index in [-0.39, 0.29) is 0 Å². The Labute approximate surface area is 112 Å². The molecule has 2 aromatic heterocycles. The first-order valence-corrected chi connectivity index (χ1v) is 6.45.